The van der Waals surface area contributed by atoms with Gasteiger partial charge in [-0.25, -0.2) is 4.98 Å². The van der Waals surface area contributed by atoms with Gasteiger partial charge in [-0.3, -0.25) is 4.79 Å². The number of hydrogen-bond acceptors (Lipinski definition) is 4. The smallest absolute Gasteiger partial charge is 0.292 e. The minimum atomic E-state index is -0.0979. The maximum Gasteiger partial charge on any atom is 0.292 e. The van der Waals surface area contributed by atoms with Gasteiger partial charge in [0.25, 0.3) is 5.91 Å². The van der Waals surface area contributed by atoms with E-state index in [1.165, 1.54) is 6.26 Å². The molecule has 1 saturated heterocycles. The molecule has 25 heavy (non-hydrogen) atoms. The van der Waals surface area contributed by atoms with Gasteiger partial charge in [0.1, 0.15) is 25.3 Å². The van der Waals surface area contributed by atoms with E-state index in [2.05, 4.69) is 22.1 Å². The Kier molecular flexibility index (Phi) is 4.41. The summed E-state index contributed by atoms with van der Waals surface area (Å²) < 4.78 is 10.6. The molecule has 2 aliphatic heterocycles. The average molecular weight is 339 g/mol. The minimum Gasteiger partial charge on any atom is -0.494 e. The molecule has 0 radical (unpaired) electrons. The molecule has 2 aliphatic rings. The number of imidazole rings is 1. The second-order valence-corrected chi connectivity index (χ2v) is 6.34. The number of carbonyl (C=O) groups excluding carboxylic acids is 1. The van der Waals surface area contributed by atoms with Crippen LogP contribution in [-0.4, -0.2) is 47.1 Å². The van der Waals surface area contributed by atoms with E-state index >= 15 is 0 Å². The number of piperidine rings is 1. The Morgan fingerprint density at radius 1 is 1.24 bits per heavy atom. The molecule has 1 N–H and O–H groups in total. The molecular formula is C19H21N3O3. The summed E-state index contributed by atoms with van der Waals surface area (Å²) in [4.78, 5) is 22.4. The highest BCUT2D eigenvalue weighted by Gasteiger charge is 2.29. The summed E-state index contributed by atoms with van der Waals surface area (Å²) in [5.41, 5.74) is 2.12. The summed E-state index contributed by atoms with van der Waals surface area (Å²) >= 11 is 0. The van der Waals surface area contributed by atoms with Gasteiger partial charge in [-0.05, 0) is 18.4 Å². The molecule has 0 saturated carbocycles. The second-order valence-electron chi connectivity index (χ2n) is 6.34. The highest BCUT2D eigenvalue weighted by molar-refractivity contribution is 5.91. The van der Waals surface area contributed by atoms with Crippen LogP contribution >= 0.6 is 0 Å². The van der Waals surface area contributed by atoms with Crippen LogP contribution in [-0.2, 0) is 14.3 Å². The fraction of sp³-hybridized carbons (Fsp3) is 0.368. The Morgan fingerprint density at radius 2 is 2.12 bits per heavy atom. The van der Waals surface area contributed by atoms with Crippen molar-refractivity contribution in [1.29, 1.82) is 0 Å². The van der Waals surface area contributed by atoms with Crippen LogP contribution in [0.25, 0.3) is 11.3 Å². The van der Waals surface area contributed by atoms with Gasteiger partial charge < -0.3 is 19.4 Å². The average Bonchev–Trinajstić information content (AvgIpc) is 3.19. The van der Waals surface area contributed by atoms with Crippen LogP contribution in [0.3, 0.4) is 0 Å². The third-order valence-electron chi connectivity index (χ3n) is 4.64. The molecule has 2 aromatic rings. The summed E-state index contributed by atoms with van der Waals surface area (Å²) in [5.74, 6) is 1.35. The molecule has 6 heteroatoms. The van der Waals surface area contributed by atoms with Crippen molar-refractivity contribution in [2.75, 3.05) is 26.3 Å². The first-order valence-corrected chi connectivity index (χ1v) is 8.65. The van der Waals surface area contributed by atoms with Crippen LogP contribution in [0, 0.1) is 0 Å². The normalized spacial score (nSPS) is 20.4. The summed E-state index contributed by atoms with van der Waals surface area (Å²) in [6.45, 7) is 2.30. The van der Waals surface area contributed by atoms with E-state index in [1.807, 2.05) is 29.3 Å². The van der Waals surface area contributed by atoms with Crippen LogP contribution in [0.2, 0.25) is 0 Å². The SMILES string of the molecule is O=C(C1=COCCO1)N1CCCC(c2ncc(-c3ccccc3)[nH]2)C1. The zero-order valence-electron chi connectivity index (χ0n) is 14.0. The lowest BCUT2D eigenvalue weighted by Crippen LogP contribution is -2.41. The Balaban J connectivity index is 1.47. The van der Waals surface area contributed by atoms with Gasteiger partial charge in [0.2, 0.25) is 5.76 Å². The molecule has 0 bridgehead atoms. The quantitative estimate of drug-likeness (QED) is 0.933. The highest BCUT2D eigenvalue weighted by Crippen LogP contribution is 2.28. The van der Waals surface area contributed by atoms with Crippen LogP contribution in [0.15, 0.2) is 48.5 Å². The van der Waals surface area contributed by atoms with Crippen molar-refractivity contribution < 1.29 is 14.3 Å². The Morgan fingerprint density at radius 3 is 2.92 bits per heavy atom. The zero-order valence-corrected chi connectivity index (χ0v) is 14.0. The zero-order chi connectivity index (χ0) is 17.1. The molecule has 3 heterocycles. The van der Waals surface area contributed by atoms with Crippen LogP contribution in [0.1, 0.15) is 24.6 Å². The van der Waals surface area contributed by atoms with Gasteiger partial charge in [0.05, 0.1) is 11.9 Å². The topological polar surface area (TPSA) is 67.5 Å². The number of aromatic nitrogens is 2. The predicted octanol–water partition coefficient (Wildman–Crippen LogP) is 2.67. The minimum absolute atomic E-state index is 0.0979. The number of H-pyrrole nitrogens is 1. The first-order valence-electron chi connectivity index (χ1n) is 8.65. The third kappa shape index (κ3) is 3.38. The number of benzene rings is 1. The molecule has 1 aromatic heterocycles. The first kappa shape index (κ1) is 15.7. The summed E-state index contributed by atoms with van der Waals surface area (Å²) in [6.07, 6.45) is 5.26. The van der Waals surface area contributed by atoms with Crippen molar-refractivity contribution in [3.05, 3.63) is 54.4 Å². The van der Waals surface area contributed by atoms with Gasteiger partial charge in [-0.15, -0.1) is 0 Å². The number of ether oxygens (including phenoxy) is 2. The Bertz CT molecular complexity index is 769. The van der Waals surface area contributed by atoms with Crippen LogP contribution in [0.5, 0.6) is 0 Å². The maximum atomic E-state index is 12.6. The van der Waals surface area contributed by atoms with E-state index in [0.29, 0.717) is 25.5 Å². The summed E-state index contributed by atoms with van der Waals surface area (Å²) in [6, 6.07) is 10.1. The fourth-order valence-electron chi connectivity index (χ4n) is 3.33. The number of nitrogens with one attached hydrogen (secondary N) is 1. The molecule has 0 aliphatic carbocycles. The number of likely N-dealkylation sites (tertiary alicyclic amines) is 1. The predicted molar refractivity (Wildman–Crippen MR) is 92.6 cm³/mol. The Hall–Kier alpha value is -2.76. The van der Waals surface area contributed by atoms with Crippen molar-refractivity contribution in [3.63, 3.8) is 0 Å². The summed E-state index contributed by atoms with van der Waals surface area (Å²) in [7, 11) is 0. The highest BCUT2D eigenvalue weighted by atomic mass is 16.6. The molecule has 1 aromatic carbocycles. The number of hydrogen-bond donors (Lipinski definition) is 1. The Labute approximate surface area is 146 Å². The van der Waals surface area contributed by atoms with Crippen molar-refractivity contribution >= 4 is 5.91 Å². The fourth-order valence-corrected chi connectivity index (χ4v) is 3.33. The molecule has 1 unspecified atom stereocenters. The van der Waals surface area contributed by atoms with Gasteiger partial charge in [0, 0.05) is 19.0 Å². The number of rotatable bonds is 3. The molecule has 1 atom stereocenters. The van der Waals surface area contributed by atoms with Crippen LogP contribution in [0.4, 0.5) is 0 Å². The maximum absolute atomic E-state index is 12.6. The lowest BCUT2D eigenvalue weighted by Gasteiger charge is -2.32. The van der Waals surface area contributed by atoms with E-state index < -0.39 is 0 Å². The lowest BCUT2D eigenvalue weighted by atomic mass is 9.97. The molecular weight excluding hydrogens is 318 g/mol. The van der Waals surface area contributed by atoms with E-state index in [0.717, 1.165) is 36.5 Å². The number of aromatic amines is 1. The van der Waals surface area contributed by atoms with E-state index in [1.54, 1.807) is 0 Å². The third-order valence-corrected chi connectivity index (χ3v) is 4.64. The molecule has 0 spiro atoms. The first-order chi connectivity index (χ1) is 12.3. The second kappa shape index (κ2) is 7.01. The number of amides is 1. The summed E-state index contributed by atoms with van der Waals surface area (Å²) in [5, 5.41) is 0. The molecule has 6 nitrogen and oxygen atoms in total. The van der Waals surface area contributed by atoms with Crippen molar-refractivity contribution in [1.82, 2.24) is 14.9 Å². The molecule has 1 fully saturated rings. The van der Waals surface area contributed by atoms with Gasteiger partial charge in [-0.2, -0.15) is 0 Å². The largest absolute Gasteiger partial charge is 0.494 e. The number of nitrogens with zero attached hydrogens (tertiary/aromatic N) is 2. The van der Waals surface area contributed by atoms with Crippen molar-refractivity contribution in [2.45, 2.75) is 18.8 Å². The van der Waals surface area contributed by atoms with Crippen LogP contribution < -0.4 is 0 Å². The lowest BCUT2D eigenvalue weighted by molar-refractivity contribution is -0.133. The van der Waals surface area contributed by atoms with Gasteiger partial charge in [-0.1, -0.05) is 30.3 Å². The molecule has 130 valence electrons. The van der Waals surface area contributed by atoms with Crippen molar-refractivity contribution in [3.8, 4) is 11.3 Å². The van der Waals surface area contributed by atoms with E-state index in [-0.39, 0.29) is 11.8 Å². The molecule has 4 rings (SSSR count). The van der Waals surface area contributed by atoms with Gasteiger partial charge in [0.15, 0.2) is 0 Å². The standard InChI is InChI=1S/C19H21N3O3/c23-19(17-13-24-9-10-25-17)22-8-4-7-15(12-22)18-20-11-16(21-18)14-5-2-1-3-6-14/h1-3,5-6,11,13,15H,4,7-10,12H2,(H,20,21). The number of carbonyl (C=O) groups is 1. The van der Waals surface area contributed by atoms with E-state index in [4.69, 9.17) is 9.47 Å². The van der Waals surface area contributed by atoms with Crippen molar-refractivity contribution in [2.24, 2.45) is 0 Å². The van der Waals surface area contributed by atoms with Gasteiger partial charge >= 0.3 is 0 Å². The monoisotopic (exact) mass is 339 g/mol. The molecule has 1 amide bonds. The van der Waals surface area contributed by atoms with E-state index in [9.17, 15) is 4.79 Å².